The highest BCUT2D eigenvalue weighted by atomic mass is 15.3. The van der Waals surface area contributed by atoms with Gasteiger partial charge in [0.15, 0.2) is 5.96 Å². The Morgan fingerprint density at radius 2 is 1.94 bits per heavy atom. The zero-order valence-electron chi connectivity index (χ0n) is 11.6. The molecule has 0 spiro atoms. The Bertz CT molecular complexity index is 449. The van der Waals surface area contributed by atoms with Crippen LogP contribution in [0.2, 0.25) is 0 Å². The molecule has 1 aromatic carbocycles. The molecule has 1 atom stereocenters. The molecular formula is C14H22N4. The number of anilines is 1. The van der Waals surface area contributed by atoms with Crippen molar-refractivity contribution < 1.29 is 0 Å². The first-order valence-electron chi connectivity index (χ1n) is 6.34. The molecule has 0 saturated heterocycles. The first kappa shape index (κ1) is 12.7. The van der Waals surface area contributed by atoms with Crippen LogP contribution in [0.15, 0.2) is 29.3 Å². The van der Waals surface area contributed by atoms with Crippen LogP contribution in [0.3, 0.4) is 0 Å². The Kier molecular flexibility index (Phi) is 3.20. The highest BCUT2D eigenvalue weighted by Gasteiger charge is 2.38. The van der Waals surface area contributed by atoms with Crippen molar-refractivity contribution in [2.75, 3.05) is 32.1 Å². The molecule has 1 unspecified atom stereocenters. The lowest BCUT2D eigenvalue weighted by Crippen LogP contribution is -2.47. The van der Waals surface area contributed by atoms with E-state index >= 15 is 0 Å². The van der Waals surface area contributed by atoms with E-state index in [1.807, 2.05) is 14.1 Å². The summed E-state index contributed by atoms with van der Waals surface area (Å²) in [6.07, 6.45) is 0. The molecule has 0 radical (unpaired) electrons. The lowest BCUT2D eigenvalue weighted by Gasteiger charge is -2.36. The van der Waals surface area contributed by atoms with E-state index in [2.05, 4.69) is 52.9 Å². The van der Waals surface area contributed by atoms with Crippen molar-refractivity contribution in [1.29, 1.82) is 0 Å². The van der Waals surface area contributed by atoms with Crippen molar-refractivity contribution in [3.05, 3.63) is 29.8 Å². The highest BCUT2D eigenvalue weighted by molar-refractivity contribution is 5.81. The third-order valence-corrected chi connectivity index (χ3v) is 3.74. The monoisotopic (exact) mass is 246 g/mol. The highest BCUT2D eigenvalue weighted by Crippen LogP contribution is 2.33. The predicted octanol–water partition coefficient (Wildman–Crippen LogP) is 1.62. The quantitative estimate of drug-likeness (QED) is 0.881. The molecule has 0 saturated carbocycles. The van der Waals surface area contributed by atoms with E-state index in [1.54, 1.807) is 0 Å². The van der Waals surface area contributed by atoms with Gasteiger partial charge in [0, 0.05) is 26.3 Å². The number of rotatable bonds is 3. The van der Waals surface area contributed by atoms with E-state index in [1.165, 1.54) is 11.3 Å². The fourth-order valence-electron chi connectivity index (χ4n) is 2.54. The summed E-state index contributed by atoms with van der Waals surface area (Å²) < 4.78 is 0. The standard InChI is InChI=1S/C14H22N4/c1-5-18-13(15)16-10-14(18,2)11-6-8-12(9-7-11)17(3)4/h6-9H,5,10H2,1-4H3,(H2,15,16). The molecule has 4 heteroatoms. The van der Waals surface area contributed by atoms with Crippen molar-refractivity contribution in [1.82, 2.24) is 4.90 Å². The summed E-state index contributed by atoms with van der Waals surface area (Å²) in [5, 5.41) is 0. The maximum Gasteiger partial charge on any atom is 0.192 e. The summed E-state index contributed by atoms with van der Waals surface area (Å²) in [4.78, 5) is 8.65. The maximum absolute atomic E-state index is 5.95. The molecule has 0 aromatic heterocycles. The topological polar surface area (TPSA) is 44.9 Å². The third-order valence-electron chi connectivity index (χ3n) is 3.74. The van der Waals surface area contributed by atoms with Gasteiger partial charge in [0.05, 0.1) is 12.1 Å². The minimum Gasteiger partial charge on any atom is -0.378 e. The van der Waals surface area contributed by atoms with Crippen LogP contribution in [0.4, 0.5) is 5.69 Å². The van der Waals surface area contributed by atoms with E-state index < -0.39 is 0 Å². The second-order valence-corrected chi connectivity index (χ2v) is 5.13. The summed E-state index contributed by atoms with van der Waals surface area (Å²) in [5.41, 5.74) is 8.31. The van der Waals surface area contributed by atoms with Gasteiger partial charge in [-0.25, -0.2) is 0 Å². The van der Waals surface area contributed by atoms with Crippen molar-refractivity contribution in [2.45, 2.75) is 19.4 Å². The summed E-state index contributed by atoms with van der Waals surface area (Å²) in [6, 6.07) is 8.63. The second-order valence-electron chi connectivity index (χ2n) is 5.13. The van der Waals surface area contributed by atoms with E-state index in [-0.39, 0.29) is 5.54 Å². The number of likely N-dealkylation sites (N-methyl/N-ethyl adjacent to an activating group) is 1. The van der Waals surface area contributed by atoms with Gasteiger partial charge in [-0.1, -0.05) is 12.1 Å². The molecule has 0 aliphatic carbocycles. The summed E-state index contributed by atoms with van der Waals surface area (Å²) >= 11 is 0. The largest absolute Gasteiger partial charge is 0.378 e. The third kappa shape index (κ3) is 1.92. The lowest BCUT2D eigenvalue weighted by molar-refractivity contribution is 0.235. The van der Waals surface area contributed by atoms with E-state index in [0.717, 1.165) is 13.1 Å². The van der Waals surface area contributed by atoms with Crippen molar-refractivity contribution in [2.24, 2.45) is 10.7 Å². The number of benzene rings is 1. The number of guanidine groups is 1. The number of hydrogen-bond donors (Lipinski definition) is 1. The lowest BCUT2D eigenvalue weighted by atomic mass is 9.91. The molecule has 1 aliphatic heterocycles. The molecule has 1 aromatic rings. The normalized spacial score (nSPS) is 23.1. The van der Waals surface area contributed by atoms with Crippen LogP contribution >= 0.6 is 0 Å². The van der Waals surface area contributed by atoms with Gasteiger partial charge in [-0.05, 0) is 31.5 Å². The van der Waals surface area contributed by atoms with Crippen LogP contribution in [-0.4, -0.2) is 38.0 Å². The molecule has 1 aliphatic rings. The number of nitrogens with zero attached hydrogens (tertiary/aromatic N) is 3. The van der Waals surface area contributed by atoms with Gasteiger partial charge in [0.2, 0.25) is 0 Å². The van der Waals surface area contributed by atoms with Crippen molar-refractivity contribution >= 4 is 11.6 Å². The molecule has 2 rings (SSSR count). The van der Waals surface area contributed by atoms with Crippen molar-refractivity contribution in [3.8, 4) is 0 Å². The zero-order valence-corrected chi connectivity index (χ0v) is 11.6. The van der Waals surface area contributed by atoms with Crippen LogP contribution < -0.4 is 10.6 Å². The predicted molar refractivity (Wildman–Crippen MR) is 77.0 cm³/mol. The fraction of sp³-hybridized carbons (Fsp3) is 0.500. The van der Waals surface area contributed by atoms with E-state index in [4.69, 9.17) is 5.73 Å². The van der Waals surface area contributed by atoms with Crippen LogP contribution in [0, 0.1) is 0 Å². The molecule has 4 nitrogen and oxygen atoms in total. The fourth-order valence-corrected chi connectivity index (χ4v) is 2.54. The Hall–Kier alpha value is -1.71. The molecule has 18 heavy (non-hydrogen) atoms. The number of aliphatic imine (C=N–C) groups is 1. The summed E-state index contributed by atoms with van der Waals surface area (Å²) in [5.74, 6) is 0.650. The van der Waals surface area contributed by atoms with E-state index in [0.29, 0.717) is 5.96 Å². The average molecular weight is 246 g/mol. The van der Waals surface area contributed by atoms with Crippen LogP contribution in [-0.2, 0) is 5.54 Å². The Morgan fingerprint density at radius 3 is 2.44 bits per heavy atom. The maximum atomic E-state index is 5.95. The van der Waals surface area contributed by atoms with Gasteiger partial charge in [-0.15, -0.1) is 0 Å². The Labute approximate surface area is 109 Å². The molecule has 2 N–H and O–H groups in total. The van der Waals surface area contributed by atoms with Gasteiger partial charge in [-0.2, -0.15) is 0 Å². The SMILES string of the molecule is CCN1C(N)=NCC1(C)c1ccc(N(C)C)cc1. The van der Waals surface area contributed by atoms with Crippen LogP contribution in [0.1, 0.15) is 19.4 Å². The minimum absolute atomic E-state index is 0.107. The second kappa shape index (κ2) is 4.52. The molecule has 0 bridgehead atoms. The van der Waals surface area contributed by atoms with Gasteiger partial charge in [0.25, 0.3) is 0 Å². The van der Waals surface area contributed by atoms with Gasteiger partial charge < -0.3 is 15.5 Å². The summed E-state index contributed by atoms with van der Waals surface area (Å²) in [6.45, 7) is 5.92. The zero-order chi connectivity index (χ0) is 13.3. The minimum atomic E-state index is -0.107. The first-order chi connectivity index (χ1) is 8.49. The Balaban J connectivity index is 2.31. The van der Waals surface area contributed by atoms with Crippen LogP contribution in [0.25, 0.3) is 0 Å². The van der Waals surface area contributed by atoms with Gasteiger partial charge >= 0.3 is 0 Å². The molecule has 0 amide bonds. The number of hydrogen-bond acceptors (Lipinski definition) is 4. The van der Waals surface area contributed by atoms with E-state index in [9.17, 15) is 0 Å². The molecule has 1 heterocycles. The van der Waals surface area contributed by atoms with Crippen molar-refractivity contribution in [3.63, 3.8) is 0 Å². The smallest absolute Gasteiger partial charge is 0.192 e. The average Bonchev–Trinajstić information content (AvgIpc) is 2.66. The first-order valence-corrected chi connectivity index (χ1v) is 6.34. The van der Waals surface area contributed by atoms with Gasteiger partial charge in [-0.3, -0.25) is 4.99 Å². The van der Waals surface area contributed by atoms with Crippen LogP contribution in [0.5, 0.6) is 0 Å². The molecule has 0 fully saturated rings. The summed E-state index contributed by atoms with van der Waals surface area (Å²) in [7, 11) is 4.09. The van der Waals surface area contributed by atoms with Gasteiger partial charge in [0.1, 0.15) is 0 Å². The Morgan fingerprint density at radius 1 is 1.33 bits per heavy atom. The number of nitrogens with two attached hydrogens (primary N) is 1. The molecule has 98 valence electrons. The molecular weight excluding hydrogens is 224 g/mol.